The van der Waals surface area contributed by atoms with Gasteiger partial charge in [0.1, 0.15) is 17.3 Å². The summed E-state index contributed by atoms with van der Waals surface area (Å²) < 4.78 is 29.7. The Kier molecular flexibility index (Phi) is 7.62. The zero-order chi connectivity index (χ0) is 30.0. The van der Waals surface area contributed by atoms with E-state index in [1.165, 1.54) is 6.92 Å². The number of fused-ring (bicyclic) bond motifs is 2. The van der Waals surface area contributed by atoms with E-state index >= 15 is 0 Å². The molecule has 2 bridgehead atoms. The van der Waals surface area contributed by atoms with Gasteiger partial charge in [-0.2, -0.15) is 0 Å². The number of hydrogen-bond donors (Lipinski definition) is 1. The summed E-state index contributed by atoms with van der Waals surface area (Å²) in [6.45, 7) is 16.2. The predicted molar refractivity (Wildman–Crippen MR) is 148 cm³/mol. The lowest BCUT2D eigenvalue weighted by atomic mass is 9.57. The summed E-state index contributed by atoms with van der Waals surface area (Å²) in [5.74, 6) is -3.75. The van der Waals surface area contributed by atoms with Crippen molar-refractivity contribution in [1.29, 1.82) is 0 Å². The average molecular weight is 575 g/mol. The van der Waals surface area contributed by atoms with Crippen molar-refractivity contribution in [2.75, 3.05) is 13.2 Å². The third kappa shape index (κ3) is 5.00. The second kappa shape index (κ2) is 10.3. The first-order valence-electron chi connectivity index (χ1n) is 15.1. The number of carbonyl (C=O) groups excluding carboxylic acids is 3. The Balaban J connectivity index is 1.25. The molecule has 0 aromatic heterocycles. The van der Waals surface area contributed by atoms with Crippen LogP contribution in [-0.2, 0) is 38.1 Å². The molecule has 0 amide bonds. The molecule has 6 aliphatic rings. The van der Waals surface area contributed by atoms with E-state index in [4.69, 9.17) is 23.7 Å². The largest absolute Gasteiger partial charge is 0.462 e. The van der Waals surface area contributed by atoms with Crippen molar-refractivity contribution in [1.82, 2.24) is 0 Å². The second-order valence-corrected chi connectivity index (χ2v) is 14.1. The Morgan fingerprint density at radius 2 is 1.85 bits per heavy atom. The predicted octanol–water partition coefficient (Wildman–Crippen LogP) is 4.55. The molecule has 1 aliphatic carbocycles. The maximum atomic E-state index is 12.7. The van der Waals surface area contributed by atoms with Crippen LogP contribution in [0.15, 0.2) is 23.8 Å². The summed E-state index contributed by atoms with van der Waals surface area (Å²) in [5, 5.41) is 11.1. The van der Waals surface area contributed by atoms with Gasteiger partial charge in [-0.1, -0.05) is 26.0 Å². The van der Waals surface area contributed by atoms with Crippen LogP contribution in [-0.4, -0.2) is 64.9 Å². The summed E-state index contributed by atoms with van der Waals surface area (Å²) in [5.41, 5.74) is -0.756. The molecule has 0 aromatic rings. The van der Waals surface area contributed by atoms with Crippen molar-refractivity contribution < 1.29 is 43.2 Å². The van der Waals surface area contributed by atoms with Crippen LogP contribution < -0.4 is 0 Å². The average Bonchev–Trinajstić information content (AvgIpc) is 3.25. The summed E-state index contributed by atoms with van der Waals surface area (Å²) in [6.07, 6.45) is 6.87. The first-order chi connectivity index (χ1) is 19.0. The van der Waals surface area contributed by atoms with E-state index in [2.05, 4.69) is 20.4 Å². The van der Waals surface area contributed by atoms with Gasteiger partial charge in [0, 0.05) is 37.7 Å². The molecule has 41 heavy (non-hydrogen) atoms. The van der Waals surface area contributed by atoms with E-state index in [0.29, 0.717) is 43.5 Å². The van der Waals surface area contributed by atoms with Gasteiger partial charge in [-0.25, -0.2) is 4.79 Å². The summed E-state index contributed by atoms with van der Waals surface area (Å²) in [7, 11) is 0. The van der Waals surface area contributed by atoms with E-state index in [1.54, 1.807) is 19.9 Å². The van der Waals surface area contributed by atoms with Crippen LogP contribution in [0.1, 0.15) is 92.9 Å². The molecule has 0 unspecified atom stereocenters. The van der Waals surface area contributed by atoms with Crippen molar-refractivity contribution in [3.8, 4) is 0 Å². The lowest BCUT2D eigenvalue weighted by molar-refractivity contribution is -0.496. The molecule has 0 aromatic carbocycles. The molecule has 228 valence electrons. The SMILES string of the molecule is C=C1CC[C@@H](CC[C@H]2CC[C@]3(OC2)O[C@@]2(O)C(=O)C[C@]3(C)OC2(C)C)C(C)(C)[C@H]1[C@H](/C=C1/CCOC1=O)OC(C)=O. The maximum absolute atomic E-state index is 12.7. The number of ether oxygens (including phenoxy) is 5. The Labute approximate surface area is 242 Å². The number of esters is 2. The monoisotopic (exact) mass is 574 g/mol. The van der Waals surface area contributed by atoms with Gasteiger partial charge in [0.2, 0.25) is 5.79 Å². The fraction of sp³-hybridized carbons (Fsp3) is 0.781. The minimum Gasteiger partial charge on any atom is -0.462 e. The lowest BCUT2D eigenvalue weighted by Gasteiger charge is -2.65. The smallest absolute Gasteiger partial charge is 0.333 e. The van der Waals surface area contributed by atoms with E-state index in [-0.39, 0.29) is 35.5 Å². The quantitative estimate of drug-likeness (QED) is 0.277. The number of ketones is 1. The number of rotatable bonds is 6. The Hall–Kier alpha value is -2.07. The lowest BCUT2D eigenvalue weighted by Crippen LogP contribution is -2.81. The first kappa shape index (κ1) is 30.4. The molecule has 1 N–H and O–H groups in total. The van der Waals surface area contributed by atoms with E-state index in [1.807, 2.05) is 6.92 Å². The summed E-state index contributed by atoms with van der Waals surface area (Å²) in [6, 6.07) is 0. The Bertz CT molecular complexity index is 1140. The van der Waals surface area contributed by atoms with Gasteiger partial charge in [-0.05, 0) is 76.2 Å². The molecular formula is C32H46O9. The minimum atomic E-state index is -2.02. The fourth-order valence-electron chi connectivity index (χ4n) is 8.16. The number of Topliss-reactive ketones (excluding diaryl/α,β-unsaturated/α-hetero) is 1. The molecule has 9 heteroatoms. The minimum absolute atomic E-state index is 0.0521. The first-order valence-corrected chi connectivity index (χ1v) is 15.1. The zero-order valence-corrected chi connectivity index (χ0v) is 25.4. The van der Waals surface area contributed by atoms with Gasteiger partial charge in [-0.15, -0.1) is 0 Å². The van der Waals surface area contributed by atoms with Gasteiger partial charge in [0.15, 0.2) is 5.78 Å². The molecule has 5 saturated heterocycles. The summed E-state index contributed by atoms with van der Waals surface area (Å²) in [4.78, 5) is 37.0. The van der Waals surface area contributed by atoms with Gasteiger partial charge in [0.05, 0.1) is 13.2 Å². The van der Waals surface area contributed by atoms with Crippen molar-refractivity contribution >= 4 is 17.7 Å². The molecule has 6 rings (SSSR count). The number of hydrogen-bond acceptors (Lipinski definition) is 9. The number of carbonyl (C=O) groups is 3. The Morgan fingerprint density at radius 1 is 1.12 bits per heavy atom. The van der Waals surface area contributed by atoms with Gasteiger partial charge < -0.3 is 28.8 Å². The third-order valence-electron chi connectivity index (χ3n) is 10.6. The van der Waals surface area contributed by atoms with Crippen LogP contribution >= 0.6 is 0 Å². The van der Waals surface area contributed by atoms with Gasteiger partial charge >= 0.3 is 11.9 Å². The number of aliphatic hydroxyl groups is 1. The van der Waals surface area contributed by atoms with Crippen molar-refractivity contribution in [2.24, 2.45) is 23.2 Å². The molecule has 1 saturated carbocycles. The van der Waals surface area contributed by atoms with E-state index in [0.717, 1.165) is 37.7 Å². The molecule has 0 radical (unpaired) electrons. The highest BCUT2D eigenvalue weighted by atomic mass is 16.8. The third-order valence-corrected chi connectivity index (χ3v) is 10.6. The van der Waals surface area contributed by atoms with Crippen molar-refractivity contribution in [3.63, 3.8) is 0 Å². The fourth-order valence-corrected chi connectivity index (χ4v) is 8.16. The Morgan fingerprint density at radius 3 is 2.44 bits per heavy atom. The zero-order valence-electron chi connectivity index (χ0n) is 25.4. The summed E-state index contributed by atoms with van der Waals surface area (Å²) >= 11 is 0. The molecular weight excluding hydrogens is 528 g/mol. The highest BCUT2D eigenvalue weighted by Gasteiger charge is 2.74. The van der Waals surface area contributed by atoms with Crippen LogP contribution in [0.2, 0.25) is 0 Å². The van der Waals surface area contributed by atoms with Gasteiger partial charge in [-0.3, -0.25) is 9.59 Å². The normalized spacial score (nSPS) is 41.5. The number of cyclic esters (lactones) is 1. The van der Waals surface area contributed by atoms with Gasteiger partial charge in [0.25, 0.3) is 5.79 Å². The van der Waals surface area contributed by atoms with E-state index in [9.17, 15) is 19.5 Å². The topological polar surface area (TPSA) is 118 Å². The molecule has 1 spiro atoms. The van der Waals surface area contributed by atoms with Crippen LogP contribution in [0.25, 0.3) is 0 Å². The van der Waals surface area contributed by atoms with E-state index < -0.39 is 28.9 Å². The highest BCUT2D eigenvalue weighted by molar-refractivity contribution is 5.90. The standard InChI is InChI=1S/C32H46O9/c1-19-8-10-23(28(3,4)26(19)24(39-20(2)33)16-22-13-15-37-27(22)35)11-9-21-12-14-31(38-18-21)30(7)17-25(34)32(36,41-31)29(5,6)40-30/h16,21,23-24,26,36H,1,8-15,17-18H2,2-7H3/b22-16-/t21-,23-,24-,26+,30-,31-,32-/m0/s1. The molecule has 5 heterocycles. The van der Waals surface area contributed by atoms with Crippen LogP contribution in [0.4, 0.5) is 0 Å². The molecule has 9 nitrogen and oxygen atoms in total. The second-order valence-electron chi connectivity index (χ2n) is 14.1. The van der Waals surface area contributed by atoms with Crippen LogP contribution in [0, 0.1) is 23.2 Å². The highest BCUT2D eigenvalue weighted by Crippen LogP contribution is 2.58. The molecule has 6 fully saturated rings. The van der Waals surface area contributed by atoms with Crippen molar-refractivity contribution in [3.05, 3.63) is 23.8 Å². The van der Waals surface area contributed by atoms with Crippen molar-refractivity contribution in [2.45, 2.75) is 122 Å². The maximum Gasteiger partial charge on any atom is 0.333 e. The molecule has 5 aliphatic heterocycles. The molecule has 7 atom stereocenters. The van der Waals surface area contributed by atoms with Crippen LogP contribution in [0.5, 0.6) is 0 Å². The van der Waals surface area contributed by atoms with Crippen LogP contribution in [0.3, 0.4) is 0 Å².